The van der Waals surface area contributed by atoms with Crippen molar-refractivity contribution in [1.82, 2.24) is 9.21 Å². The standard InChI is InChI=1S/C23H29N3O4S2/c1-17-10-11-21(31-17)32(29,30)26-14-12-25(13-15-26)23(28)19-8-5-9-20(16-19)24-22(27)18-6-3-2-4-7-18/h5,8-11,16,18H,2-4,6-7,12-15H2,1H3,(H,24,27). The summed E-state index contributed by atoms with van der Waals surface area (Å²) in [5, 5.41) is 2.96. The fourth-order valence-corrected chi connectivity index (χ4v) is 7.19. The van der Waals surface area contributed by atoms with Gasteiger partial charge in [-0.05, 0) is 50.1 Å². The molecule has 1 N–H and O–H groups in total. The Balaban J connectivity index is 1.37. The zero-order valence-corrected chi connectivity index (χ0v) is 19.9. The molecule has 4 rings (SSSR count). The van der Waals surface area contributed by atoms with E-state index in [4.69, 9.17) is 0 Å². The number of carbonyl (C=O) groups is 2. The monoisotopic (exact) mass is 475 g/mol. The van der Waals surface area contributed by atoms with Crippen LogP contribution in [-0.4, -0.2) is 55.6 Å². The van der Waals surface area contributed by atoms with Crippen molar-refractivity contribution in [2.75, 3.05) is 31.5 Å². The fourth-order valence-electron chi connectivity index (χ4n) is 4.33. The molecule has 1 aromatic heterocycles. The third-order valence-corrected chi connectivity index (χ3v) is 9.56. The zero-order chi connectivity index (χ0) is 22.7. The average Bonchev–Trinajstić information content (AvgIpc) is 3.26. The lowest BCUT2D eigenvalue weighted by Gasteiger charge is -2.33. The van der Waals surface area contributed by atoms with Gasteiger partial charge < -0.3 is 10.2 Å². The van der Waals surface area contributed by atoms with Crippen LogP contribution in [0.3, 0.4) is 0 Å². The summed E-state index contributed by atoms with van der Waals surface area (Å²) in [5.74, 6) is -0.0787. The van der Waals surface area contributed by atoms with Crippen LogP contribution < -0.4 is 5.32 Å². The molecule has 0 unspecified atom stereocenters. The Kier molecular flexibility index (Phi) is 6.97. The number of aryl methyl sites for hydroxylation is 1. The summed E-state index contributed by atoms with van der Waals surface area (Å²) >= 11 is 1.26. The Morgan fingerprint density at radius 1 is 1.00 bits per heavy atom. The second-order valence-corrected chi connectivity index (χ2v) is 11.9. The van der Waals surface area contributed by atoms with E-state index >= 15 is 0 Å². The molecule has 0 spiro atoms. The number of carbonyl (C=O) groups excluding carboxylic acids is 2. The van der Waals surface area contributed by atoms with E-state index in [0.717, 1.165) is 30.6 Å². The van der Waals surface area contributed by atoms with Crippen molar-refractivity contribution in [3.8, 4) is 0 Å². The van der Waals surface area contributed by atoms with Gasteiger partial charge in [-0.25, -0.2) is 8.42 Å². The lowest BCUT2D eigenvalue weighted by atomic mass is 9.88. The molecule has 7 nitrogen and oxygen atoms in total. The van der Waals surface area contributed by atoms with Crippen LogP contribution in [-0.2, 0) is 14.8 Å². The first-order valence-corrected chi connectivity index (χ1v) is 13.4. The predicted molar refractivity (Wildman–Crippen MR) is 125 cm³/mol. The van der Waals surface area contributed by atoms with Crippen molar-refractivity contribution in [2.24, 2.45) is 5.92 Å². The molecule has 172 valence electrons. The Hall–Kier alpha value is -2.23. The fraction of sp³-hybridized carbons (Fsp3) is 0.478. The Labute approximate surface area is 193 Å². The number of nitrogens with zero attached hydrogens (tertiary/aromatic N) is 2. The molecule has 1 saturated carbocycles. The van der Waals surface area contributed by atoms with Crippen molar-refractivity contribution in [1.29, 1.82) is 0 Å². The molecule has 0 atom stereocenters. The molecular weight excluding hydrogens is 446 g/mol. The number of rotatable bonds is 5. The van der Waals surface area contributed by atoms with Crippen LogP contribution in [0.2, 0.25) is 0 Å². The SMILES string of the molecule is Cc1ccc(S(=O)(=O)N2CCN(C(=O)c3cccc(NC(=O)C4CCCCC4)c3)CC2)s1. The highest BCUT2D eigenvalue weighted by Crippen LogP contribution is 2.27. The van der Waals surface area contributed by atoms with Gasteiger partial charge in [0.15, 0.2) is 0 Å². The quantitative estimate of drug-likeness (QED) is 0.714. The Morgan fingerprint density at radius 2 is 1.72 bits per heavy atom. The van der Waals surface area contributed by atoms with Gasteiger partial charge in [0.05, 0.1) is 0 Å². The molecule has 2 aliphatic rings. The van der Waals surface area contributed by atoms with Gasteiger partial charge in [0.2, 0.25) is 5.91 Å². The lowest BCUT2D eigenvalue weighted by Crippen LogP contribution is -2.50. The second kappa shape index (κ2) is 9.72. The maximum atomic E-state index is 13.0. The van der Waals surface area contributed by atoms with E-state index in [9.17, 15) is 18.0 Å². The van der Waals surface area contributed by atoms with Crippen LogP contribution >= 0.6 is 11.3 Å². The van der Waals surface area contributed by atoms with Gasteiger partial charge in [0, 0.05) is 48.2 Å². The molecule has 1 saturated heterocycles. The second-order valence-electron chi connectivity index (χ2n) is 8.47. The number of benzene rings is 1. The first-order valence-electron chi connectivity index (χ1n) is 11.1. The molecular formula is C23H29N3O4S2. The zero-order valence-electron chi connectivity index (χ0n) is 18.2. The number of sulfonamides is 1. The molecule has 2 aromatic rings. The van der Waals surface area contributed by atoms with E-state index in [1.54, 1.807) is 41.3 Å². The molecule has 0 bridgehead atoms. The Morgan fingerprint density at radius 3 is 2.38 bits per heavy atom. The van der Waals surface area contributed by atoms with E-state index in [1.165, 1.54) is 22.1 Å². The van der Waals surface area contributed by atoms with E-state index in [2.05, 4.69) is 5.32 Å². The Bertz CT molecular complexity index is 1080. The molecule has 0 radical (unpaired) electrons. The smallest absolute Gasteiger partial charge is 0.254 e. The third kappa shape index (κ3) is 5.05. The van der Waals surface area contributed by atoms with E-state index < -0.39 is 10.0 Å². The van der Waals surface area contributed by atoms with Crippen LogP contribution in [0.15, 0.2) is 40.6 Å². The van der Waals surface area contributed by atoms with E-state index in [1.807, 2.05) is 6.92 Å². The average molecular weight is 476 g/mol. The molecule has 1 aromatic carbocycles. The molecule has 32 heavy (non-hydrogen) atoms. The molecule has 9 heteroatoms. The number of piperazine rings is 1. The van der Waals surface area contributed by atoms with Crippen LogP contribution in [0.1, 0.15) is 47.3 Å². The van der Waals surface area contributed by atoms with Crippen molar-refractivity contribution < 1.29 is 18.0 Å². The topological polar surface area (TPSA) is 86.8 Å². The first-order chi connectivity index (χ1) is 15.3. The number of hydrogen-bond donors (Lipinski definition) is 1. The number of anilines is 1. The number of hydrogen-bond acceptors (Lipinski definition) is 5. The lowest BCUT2D eigenvalue weighted by molar-refractivity contribution is -0.120. The minimum Gasteiger partial charge on any atom is -0.336 e. The van der Waals surface area contributed by atoms with Crippen molar-refractivity contribution in [3.63, 3.8) is 0 Å². The largest absolute Gasteiger partial charge is 0.336 e. The number of amides is 2. The maximum absolute atomic E-state index is 13.0. The maximum Gasteiger partial charge on any atom is 0.254 e. The summed E-state index contributed by atoms with van der Waals surface area (Å²) in [5.41, 5.74) is 1.12. The molecule has 1 aliphatic heterocycles. The summed E-state index contributed by atoms with van der Waals surface area (Å²) in [7, 11) is -3.52. The summed E-state index contributed by atoms with van der Waals surface area (Å²) in [6, 6.07) is 10.4. The highest BCUT2D eigenvalue weighted by Gasteiger charge is 2.31. The molecule has 2 heterocycles. The van der Waals surface area contributed by atoms with Crippen LogP contribution in [0.25, 0.3) is 0 Å². The molecule has 1 aliphatic carbocycles. The predicted octanol–water partition coefficient (Wildman–Crippen LogP) is 3.72. The summed E-state index contributed by atoms with van der Waals surface area (Å²) in [6.45, 7) is 3.08. The van der Waals surface area contributed by atoms with Crippen LogP contribution in [0, 0.1) is 12.8 Å². The van der Waals surface area contributed by atoms with Gasteiger partial charge in [0.25, 0.3) is 15.9 Å². The molecule has 2 fully saturated rings. The summed E-state index contributed by atoms with van der Waals surface area (Å²) < 4.78 is 27.4. The van der Waals surface area contributed by atoms with Crippen molar-refractivity contribution in [2.45, 2.75) is 43.2 Å². The highest BCUT2D eigenvalue weighted by atomic mass is 32.2. The summed E-state index contributed by atoms with van der Waals surface area (Å²) in [6.07, 6.45) is 5.20. The summed E-state index contributed by atoms with van der Waals surface area (Å²) in [4.78, 5) is 28.2. The molecule has 2 amide bonds. The van der Waals surface area contributed by atoms with Crippen LogP contribution in [0.5, 0.6) is 0 Å². The van der Waals surface area contributed by atoms with Gasteiger partial charge in [-0.15, -0.1) is 11.3 Å². The highest BCUT2D eigenvalue weighted by molar-refractivity contribution is 7.91. The van der Waals surface area contributed by atoms with Gasteiger partial charge >= 0.3 is 0 Å². The van der Waals surface area contributed by atoms with Crippen molar-refractivity contribution >= 4 is 38.9 Å². The van der Waals surface area contributed by atoms with Gasteiger partial charge in [-0.2, -0.15) is 4.31 Å². The van der Waals surface area contributed by atoms with Gasteiger partial charge in [-0.3, -0.25) is 9.59 Å². The van der Waals surface area contributed by atoms with E-state index in [0.29, 0.717) is 28.5 Å². The van der Waals surface area contributed by atoms with Crippen molar-refractivity contribution in [3.05, 3.63) is 46.8 Å². The number of nitrogens with one attached hydrogen (secondary N) is 1. The number of thiophene rings is 1. The van der Waals surface area contributed by atoms with E-state index in [-0.39, 0.29) is 30.8 Å². The van der Waals surface area contributed by atoms with Gasteiger partial charge in [0.1, 0.15) is 4.21 Å². The third-order valence-electron chi connectivity index (χ3n) is 6.19. The minimum atomic E-state index is -3.52. The first kappa shape index (κ1) is 22.9. The normalized spacial score (nSPS) is 18.5. The minimum absolute atomic E-state index is 0.0249. The van der Waals surface area contributed by atoms with Crippen LogP contribution in [0.4, 0.5) is 5.69 Å². The van der Waals surface area contributed by atoms with Gasteiger partial charge in [-0.1, -0.05) is 25.3 Å².